The number of rotatable bonds is 4. The molecule has 2 aromatic carbocycles. The molecule has 0 aliphatic carbocycles. The van der Waals surface area contributed by atoms with Crippen LogP contribution in [0.4, 0.5) is 10.1 Å². The summed E-state index contributed by atoms with van der Waals surface area (Å²) in [6, 6.07) is 17.0. The molecule has 5 nitrogen and oxygen atoms in total. The molecule has 0 aliphatic rings. The number of benzene rings is 2. The number of hydrogen-bond acceptors (Lipinski definition) is 3. The van der Waals surface area contributed by atoms with Gasteiger partial charge in [0.05, 0.1) is 5.69 Å². The van der Waals surface area contributed by atoms with Crippen LogP contribution < -0.4 is 10.9 Å². The van der Waals surface area contributed by atoms with Crippen molar-refractivity contribution in [3.05, 3.63) is 82.9 Å². The molecule has 126 valence electrons. The Morgan fingerprint density at radius 1 is 1.04 bits per heavy atom. The van der Waals surface area contributed by atoms with Crippen LogP contribution >= 0.6 is 0 Å². The Labute approximate surface area is 143 Å². The van der Waals surface area contributed by atoms with Gasteiger partial charge in [-0.25, -0.2) is 9.07 Å². The van der Waals surface area contributed by atoms with Gasteiger partial charge in [-0.1, -0.05) is 30.3 Å². The van der Waals surface area contributed by atoms with Crippen LogP contribution in [0.2, 0.25) is 0 Å². The number of nitrogens with one attached hydrogen (secondary N) is 1. The van der Waals surface area contributed by atoms with Gasteiger partial charge in [-0.05, 0) is 37.3 Å². The van der Waals surface area contributed by atoms with Gasteiger partial charge in [0.15, 0.2) is 0 Å². The van der Waals surface area contributed by atoms with Crippen LogP contribution in [0.5, 0.6) is 0 Å². The van der Waals surface area contributed by atoms with Crippen molar-refractivity contribution in [2.75, 3.05) is 5.32 Å². The fraction of sp³-hybridized carbons (Fsp3) is 0.105. The first-order valence-corrected chi connectivity index (χ1v) is 7.76. The van der Waals surface area contributed by atoms with Crippen LogP contribution in [0.25, 0.3) is 11.3 Å². The lowest BCUT2D eigenvalue weighted by molar-refractivity contribution is -0.119. The fourth-order valence-corrected chi connectivity index (χ4v) is 2.36. The van der Waals surface area contributed by atoms with Crippen LogP contribution in [-0.4, -0.2) is 15.7 Å². The summed E-state index contributed by atoms with van der Waals surface area (Å²) in [6.45, 7) is 1.59. The lowest BCUT2D eigenvalue weighted by Gasteiger charge is -2.15. The fourth-order valence-electron chi connectivity index (χ4n) is 2.36. The third-order valence-electron chi connectivity index (χ3n) is 3.75. The summed E-state index contributed by atoms with van der Waals surface area (Å²) in [5.74, 6) is -0.800. The van der Waals surface area contributed by atoms with E-state index < -0.39 is 11.9 Å². The van der Waals surface area contributed by atoms with Gasteiger partial charge in [-0.15, -0.1) is 0 Å². The van der Waals surface area contributed by atoms with Crippen molar-refractivity contribution in [3.8, 4) is 11.3 Å². The smallest absolute Gasteiger partial charge is 0.267 e. The summed E-state index contributed by atoms with van der Waals surface area (Å²) in [5, 5.41) is 6.95. The highest BCUT2D eigenvalue weighted by molar-refractivity contribution is 5.93. The minimum Gasteiger partial charge on any atom is -0.324 e. The Morgan fingerprint density at radius 2 is 1.72 bits per heavy atom. The maximum atomic E-state index is 12.9. The minimum absolute atomic E-state index is 0.374. The van der Waals surface area contributed by atoms with Gasteiger partial charge in [0, 0.05) is 17.3 Å². The second kappa shape index (κ2) is 7.09. The van der Waals surface area contributed by atoms with Crippen molar-refractivity contribution in [1.82, 2.24) is 9.78 Å². The van der Waals surface area contributed by atoms with E-state index in [-0.39, 0.29) is 11.4 Å². The Morgan fingerprint density at radius 3 is 2.40 bits per heavy atom. The molecule has 0 bridgehead atoms. The SMILES string of the molecule is C[C@H](C(=O)Nc1ccc(F)cc1)n1nc(-c2ccccc2)ccc1=O. The molecule has 0 spiro atoms. The molecule has 0 fully saturated rings. The molecule has 0 saturated heterocycles. The molecule has 1 atom stereocenters. The molecule has 1 aromatic heterocycles. The van der Waals surface area contributed by atoms with E-state index in [0.717, 1.165) is 10.2 Å². The predicted octanol–water partition coefficient (Wildman–Crippen LogP) is 3.25. The topological polar surface area (TPSA) is 64.0 Å². The number of nitrogens with zero attached hydrogens (tertiary/aromatic N) is 2. The molecule has 0 saturated carbocycles. The summed E-state index contributed by atoms with van der Waals surface area (Å²) in [4.78, 5) is 24.5. The van der Waals surface area contributed by atoms with Crippen molar-refractivity contribution in [2.45, 2.75) is 13.0 Å². The lowest BCUT2D eigenvalue weighted by Crippen LogP contribution is -2.33. The van der Waals surface area contributed by atoms with Gasteiger partial charge in [-0.3, -0.25) is 9.59 Å². The Hall–Kier alpha value is -3.28. The van der Waals surface area contributed by atoms with E-state index in [2.05, 4.69) is 10.4 Å². The first-order chi connectivity index (χ1) is 12.0. The van der Waals surface area contributed by atoms with Crippen LogP contribution in [0.3, 0.4) is 0 Å². The normalized spacial score (nSPS) is 11.8. The van der Waals surface area contributed by atoms with Crippen molar-refractivity contribution < 1.29 is 9.18 Å². The lowest BCUT2D eigenvalue weighted by atomic mass is 10.1. The van der Waals surface area contributed by atoms with E-state index >= 15 is 0 Å². The third-order valence-corrected chi connectivity index (χ3v) is 3.75. The molecule has 3 aromatic rings. The second-order valence-corrected chi connectivity index (χ2v) is 5.54. The molecule has 1 heterocycles. The zero-order valence-electron chi connectivity index (χ0n) is 13.5. The van der Waals surface area contributed by atoms with Gasteiger partial charge in [-0.2, -0.15) is 5.10 Å². The van der Waals surface area contributed by atoms with Crippen LogP contribution in [-0.2, 0) is 4.79 Å². The van der Waals surface area contributed by atoms with E-state index in [0.29, 0.717) is 11.4 Å². The molecule has 1 amide bonds. The standard InChI is InChI=1S/C19H16FN3O2/c1-13(19(25)21-16-9-7-15(20)8-10-16)23-18(24)12-11-17(22-23)14-5-3-2-4-6-14/h2-13H,1H3,(H,21,25)/t13-/m1/s1. The van der Waals surface area contributed by atoms with Crippen LogP contribution in [0, 0.1) is 5.82 Å². The number of aromatic nitrogens is 2. The second-order valence-electron chi connectivity index (χ2n) is 5.54. The van der Waals surface area contributed by atoms with Gasteiger partial charge in [0.2, 0.25) is 5.91 Å². The highest BCUT2D eigenvalue weighted by atomic mass is 19.1. The maximum absolute atomic E-state index is 12.9. The number of hydrogen-bond donors (Lipinski definition) is 1. The van der Waals surface area contributed by atoms with E-state index in [1.54, 1.807) is 13.0 Å². The highest BCUT2D eigenvalue weighted by Gasteiger charge is 2.18. The van der Waals surface area contributed by atoms with E-state index in [1.807, 2.05) is 30.3 Å². The highest BCUT2D eigenvalue weighted by Crippen LogP contribution is 2.16. The molecule has 25 heavy (non-hydrogen) atoms. The quantitative estimate of drug-likeness (QED) is 0.795. The Balaban J connectivity index is 1.86. The van der Waals surface area contributed by atoms with Gasteiger partial charge in [0.25, 0.3) is 5.56 Å². The molecule has 0 radical (unpaired) electrons. The zero-order chi connectivity index (χ0) is 17.8. The van der Waals surface area contributed by atoms with Crippen LogP contribution in [0.1, 0.15) is 13.0 Å². The van der Waals surface area contributed by atoms with Crippen molar-refractivity contribution >= 4 is 11.6 Å². The van der Waals surface area contributed by atoms with Crippen molar-refractivity contribution in [2.24, 2.45) is 0 Å². The largest absolute Gasteiger partial charge is 0.324 e. The first-order valence-electron chi connectivity index (χ1n) is 7.76. The number of anilines is 1. The molecular weight excluding hydrogens is 321 g/mol. The number of carbonyl (C=O) groups excluding carboxylic acids is 1. The zero-order valence-corrected chi connectivity index (χ0v) is 13.5. The average molecular weight is 337 g/mol. The summed E-state index contributed by atoms with van der Waals surface area (Å²) >= 11 is 0. The third kappa shape index (κ3) is 3.80. The van der Waals surface area contributed by atoms with E-state index in [1.165, 1.54) is 30.3 Å². The molecule has 1 N–H and O–H groups in total. The average Bonchev–Trinajstić information content (AvgIpc) is 2.64. The molecule has 0 aliphatic heterocycles. The Kier molecular flexibility index (Phi) is 4.70. The number of halogens is 1. The number of carbonyl (C=O) groups is 1. The minimum atomic E-state index is -0.818. The molecule has 6 heteroatoms. The summed E-state index contributed by atoms with van der Waals surface area (Å²) in [6.07, 6.45) is 0. The van der Waals surface area contributed by atoms with Crippen molar-refractivity contribution in [3.63, 3.8) is 0 Å². The molecular formula is C19H16FN3O2. The number of amides is 1. The first kappa shape index (κ1) is 16.6. The predicted molar refractivity (Wildman–Crippen MR) is 93.7 cm³/mol. The maximum Gasteiger partial charge on any atom is 0.267 e. The Bertz CT molecular complexity index is 937. The monoisotopic (exact) mass is 337 g/mol. The van der Waals surface area contributed by atoms with Crippen LogP contribution in [0.15, 0.2) is 71.5 Å². The van der Waals surface area contributed by atoms with Gasteiger partial charge in [0.1, 0.15) is 11.9 Å². The summed E-state index contributed by atoms with van der Waals surface area (Å²) < 4.78 is 14.1. The summed E-state index contributed by atoms with van der Waals surface area (Å²) in [5.41, 5.74) is 1.52. The van der Waals surface area contributed by atoms with E-state index in [9.17, 15) is 14.0 Å². The van der Waals surface area contributed by atoms with Crippen molar-refractivity contribution in [1.29, 1.82) is 0 Å². The molecule has 3 rings (SSSR count). The van der Waals surface area contributed by atoms with Gasteiger partial charge < -0.3 is 5.32 Å². The van der Waals surface area contributed by atoms with Gasteiger partial charge >= 0.3 is 0 Å². The summed E-state index contributed by atoms with van der Waals surface area (Å²) in [7, 11) is 0. The molecule has 0 unspecified atom stereocenters. The van der Waals surface area contributed by atoms with E-state index in [4.69, 9.17) is 0 Å².